The smallest absolute Gasteiger partial charge is 0.387 e. The number of rotatable bonds is 6. The molecule has 0 atom stereocenters. The van der Waals surface area contributed by atoms with E-state index < -0.39 is 6.61 Å². The summed E-state index contributed by atoms with van der Waals surface area (Å²) in [6.07, 6.45) is 3.37. The van der Waals surface area contributed by atoms with Crippen LogP contribution in [0.15, 0.2) is 54.9 Å². The lowest BCUT2D eigenvalue weighted by atomic mass is 10.2. The van der Waals surface area contributed by atoms with E-state index in [9.17, 15) is 8.78 Å². The van der Waals surface area contributed by atoms with Gasteiger partial charge in [0.1, 0.15) is 5.75 Å². The molecule has 0 aliphatic rings. The fourth-order valence-electron chi connectivity index (χ4n) is 2.53. The first kappa shape index (κ1) is 20.0. The Labute approximate surface area is 171 Å². The van der Waals surface area contributed by atoms with Gasteiger partial charge in [0.05, 0.1) is 24.1 Å². The Balaban J connectivity index is 1.65. The number of nitrogens with zero attached hydrogens (tertiary/aromatic N) is 2. The zero-order valence-electron chi connectivity index (χ0n) is 14.8. The van der Waals surface area contributed by atoms with Gasteiger partial charge >= 0.3 is 6.61 Å². The van der Waals surface area contributed by atoms with Crippen LogP contribution in [-0.2, 0) is 6.54 Å². The quantitative estimate of drug-likeness (QED) is 0.528. The first-order valence-corrected chi connectivity index (χ1v) is 9.08. The van der Waals surface area contributed by atoms with Crippen LogP contribution in [0.2, 0.25) is 5.02 Å². The number of hydrogen-bond acceptors (Lipinski definition) is 3. The molecule has 28 heavy (non-hydrogen) atoms. The first-order valence-electron chi connectivity index (χ1n) is 8.30. The van der Waals surface area contributed by atoms with Gasteiger partial charge in [0.2, 0.25) is 0 Å². The molecule has 0 radical (unpaired) electrons. The monoisotopic (exact) mass is 422 g/mol. The highest BCUT2D eigenvalue weighted by molar-refractivity contribution is 7.80. The number of aryl methyl sites for hydroxylation is 1. The molecule has 0 bridgehead atoms. The van der Waals surface area contributed by atoms with Crippen molar-refractivity contribution in [1.29, 1.82) is 0 Å². The molecule has 0 amide bonds. The maximum absolute atomic E-state index is 12.6. The molecular formula is C19H17ClF2N4OS. The maximum atomic E-state index is 12.6. The van der Waals surface area contributed by atoms with Crippen LogP contribution >= 0.6 is 23.8 Å². The van der Waals surface area contributed by atoms with E-state index in [1.165, 1.54) is 6.07 Å². The van der Waals surface area contributed by atoms with Crippen LogP contribution in [0.4, 0.5) is 20.2 Å². The Morgan fingerprint density at radius 1 is 1.25 bits per heavy atom. The second-order valence-corrected chi connectivity index (χ2v) is 6.79. The fourth-order valence-corrected chi connectivity index (χ4v) is 2.95. The minimum absolute atomic E-state index is 0.0218. The van der Waals surface area contributed by atoms with Gasteiger partial charge in [0.15, 0.2) is 5.11 Å². The zero-order chi connectivity index (χ0) is 20.1. The second-order valence-electron chi connectivity index (χ2n) is 5.98. The van der Waals surface area contributed by atoms with Gasteiger partial charge in [-0.3, -0.25) is 4.68 Å². The van der Waals surface area contributed by atoms with E-state index in [1.807, 2.05) is 24.3 Å². The lowest BCUT2D eigenvalue weighted by Gasteiger charge is -2.14. The Bertz CT molecular complexity index is 980. The molecule has 0 saturated carbocycles. The number of thiocarbonyl (C=S) groups is 1. The highest BCUT2D eigenvalue weighted by Gasteiger charge is 2.12. The summed E-state index contributed by atoms with van der Waals surface area (Å²) in [7, 11) is 0. The third-order valence-corrected chi connectivity index (χ3v) is 4.36. The summed E-state index contributed by atoms with van der Waals surface area (Å²) in [4.78, 5) is 0. The van der Waals surface area contributed by atoms with Crippen molar-refractivity contribution in [1.82, 2.24) is 9.78 Å². The largest absolute Gasteiger partial charge is 0.433 e. The maximum Gasteiger partial charge on any atom is 0.387 e. The zero-order valence-corrected chi connectivity index (χ0v) is 16.4. The van der Waals surface area contributed by atoms with Crippen molar-refractivity contribution in [3.63, 3.8) is 0 Å². The third-order valence-electron chi connectivity index (χ3n) is 3.78. The van der Waals surface area contributed by atoms with Crippen molar-refractivity contribution in [3.05, 3.63) is 71.0 Å². The summed E-state index contributed by atoms with van der Waals surface area (Å²) >= 11 is 11.4. The number of hydrogen-bond donors (Lipinski definition) is 2. The SMILES string of the molecule is Cc1ccc(NC(=S)Nc2cnn(Cc3ccccc3Cl)c2)c(OC(F)F)c1. The van der Waals surface area contributed by atoms with Gasteiger partial charge in [0, 0.05) is 11.2 Å². The standard InChI is InChI=1S/C19H17ClF2N4OS/c1-12-6-7-16(17(8-12)27-18(21)22)25-19(28)24-14-9-23-26(11-14)10-13-4-2-3-5-15(13)20/h2-9,11,18H,10H2,1H3,(H2,24,25,28). The second kappa shape index (κ2) is 8.99. The first-order chi connectivity index (χ1) is 13.4. The highest BCUT2D eigenvalue weighted by Crippen LogP contribution is 2.27. The number of halogens is 3. The van der Waals surface area contributed by atoms with Crippen molar-refractivity contribution < 1.29 is 13.5 Å². The van der Waals surface area contributed by atoms with Crippen LogP contribution in [0.3, 0.4) is 0 Å². The van der Waals surface area contributed by atoms with Crippen molar-refractivity contribution in [2.75, 3.05) is 10.6 Å². The van der Waals surface area contributed by atoms with Crippen LogP contribution in [0.5, 0.6) is 5.75 Å². The summed E-state index contributed by atoms with van der Waals surface area (Å²) in [6, 6.07) is 12.4. The minimum atomic E-state index is -2.92. The predicted molar refractivity (Wildman–Crippen MR) is 110 cm³/mol. The number of ether oxygens (including phenoxy) is 1. The Morgan fingerprint density at radius 2 is 2.04 bits per heavy atom. The van der Waals surface area contributed by atoms with Gasteiger partial charge in [-0.2, -0.15) is 13.9 Å². The molecular weight excluding hydrogens is 406 g/mol. The van der Waals surface area contributed by atoms with E-state index in [0.29, 0.717) is 22.9 Å². The number of alkyl halides is 2. The van der Waals surface area contributed by atoms with Crippen molar-refractivity contribution >= 4 is 40.3 Å². The van der Waals surface area contributed by atoms with Gasteiger partial charge in [-0.1, -0.05) is 35.9 Å². The van der Waals surface area contributed by atoms with Gasteiger partial charge in [-0.15, -0.1) is 0 Å². The van der Waals surface area contributed by atoms with Gasteiger partial charge < -0.3 is 15.4 Å². The molecule has 0 spiro atoms. The van der Waals surface area contributed by atoms with Crippen LogP contribution in [0.1, 0.15) is 11.1 Å². The third kappa shape index (κ3) is 5.40. The summed E-state index contributed by atoms with van der Waals surface area (Å²) in [6.45, 7) is -0.635. The normalized spacial score (nSPS) is 10.8. The Morgan fingerprint density at radius 3 is 2.79 bits per heavy atom. The fraction of sp³-hybridized carbons (Fsp3) is 0.158. The molecule has 5 nitrogen and oxygen atoms in total. The van der Waals surface area contributed by atoms with Crippen LogP contribution in [0, 0.1) is 6.92 Å². The van der Waals surface area contributed by atoms with Crippen molar-refractivity contribution in [2.45, 2.75) is 20.1 Å². The van der Waals surface area contributed by atoms with E-state index in [-0.39, 0.29) is 10.9 Å². The number of aromatic nitrogens is 2. The summed E-state index contributed by atoms with van der Waals surface area (Å²) < 4.78 is 31.5. The molecule has 2 aromatic carbocycles. The summed E-state index contributed by atoms with van der Waals surface area (Å²) in [5, 5.41) is 11.0. The van der Waals surface area contributed by atoms with Gasteiger partial charge in [-0.05, 0) is 48.5 Å². The average molecular weight is 423 g/mol. The highest BCUT2D eigenvalue weighted by atomic mass is 35.5. The molecule has 0 aliphatic carbocycles. The van der Waals surface area contributed by atoms with E-state index in [0.717, 1.165) is 11.1 Å². The lowest BCUT2D eigenvalue weighted by molar-refractivity contribution is -0.0493. The summed E-state index contributed by atoms with van der Waals surface area (Å²) in [5.74, 6) is 0.0218. The molecule has 9 heteroatoms. The molecule has 2 N–H and O–H groups in total. The van der Waals surface area contributed by atoms with Gasteiger partial charge in [0.25, 0.3) is 0 Å². The molecule has 1 heterocycles. The van der Waals surface area contributed by atoms with Crippen LogP contribution < -0.4 is 15.4 Å². The van der Waals surface area contributed by atoms with E-state index in [1.54, 1.807) is 36.1 Å². The van der Waals surface area contributed by atoms with Gasteiger partial charge in [-0.25, -0.2) is 0 Å². The van der Waals surface area contributed by atoms with Crippen LogP contribution in [0.25, 0.3) is 0 Å². The van der Waals surface area contributed by atoms with Crippen molar-refractivity contribution in [3.8, 4) is 5.75 Å². The number of benzene rings is 2. The molecule has 0 fully saturated rings. The number of nitrogens with one attached hydrogen (secondary N) is 2. The Kier molecular flexibility index (Phi) is 6.43. The predicted octanol–water partition coefficient (Wildman–Crippen LogP) is 5.30. The van der Waals surface area contributed by atoms with Crippen molar-refractivity contribution in [2.24, 2.45) is 0 Å². The molecule has 0 saturated heterocycles. The topological polar surface area (TPSA) is 51.1 Å². The molecule has 146 valence electrons. The van der Waals surface area contributed by atoms with E-state index >= 15 is 0 Å². The van der Waals surface area contributed by atoms with Crippen LogP contribution in [-0.4, -0.2) is 21.5 Å². The molecule has 0 aliphatic heterocycles. The molecule has 3 aromatic rings. The lowest BCUT2D eigenvalue weighted by Crippen LogP contribution is -2.19. The molecule has 3 rings (SSSR count). The average Bonchev–Trinajstić information content (AvgIpc) is 3.06. The summed E-state index contributed by atoms with van der Waals surface area (Å²) in [5.41, 5.74) is 2.72. The minimum Gasteiger partial charge on any atom is -0.433 e. The number of anilines is 2. The van der Waals surface area contributed by atoms with E-state index in [2.05, 4.69) is 20.5 Å². The molecule has 1 aromatic heterocycles. The van der Waals surface area contributed by atoms with E-state index in [4.69, 9.17) is 23.8 Å². The molecule has 0 unspecified atom stereocenters. The Hall–Kier alpha value is -2.71.